The number of rotatable bonds is 9. The topological polar surface area (TPSA) is 99.5 Å². The number of hydrogen-bond acceptors (Lipinski definition) is 7. The number of amides is 1. The predicted molar refractivity (Wildman–Crippen MR) is 115 cm³/mol. The highest BCUT2D eigenvalue weighted by Gasteiger charge is 2.16. The van der Waals surface area contributed by atoms with Gasteiger partial charge in [-0.1, -0.05) is 25.1 Å². The second-order valence-corrected chi connectivity index (χ2v) is 7.63. The summed E-state index contributed by atoms with van der Waals surface area (Å²) in [6.45, 7) is 6.96. The van der Waals surface area contributed by atoms with Crippen LogP contribution in [0.3, 0.4) is 0 Å². The number of esters is 2. The average molecular weight is 434 g/mol. The fourth-order valence-corrected chi connectivity index (χ4v) is 3.73. The van der Waals surface area contributed by atoms with E-state index >= 15 is 0 Å². The highest BCUT2D eigenvalue weighted by molar-refractivity contribution is 7.99. The van der Waals surface area contributed by atoms with Crippen molar-refractivity contribution in [3.63, 3.8) is 0 Å². The first kappa shape index (κ1) is 23.5. The Hall–Kier alpha value is -2.81. The maximum absolute atomic E-state index is 12.5. The van der Waals surface area contributed by atoms with Crippen molar-refractivity contribution in [2.75, 3.05) is 25.3 Å². The van der Waals surface area contributed by atoms with Gasteiger partial charge in [0.2, 0.25) is 5.91 Å². The molecule has 1 aromatic heterocycles. The molecule has 1 N–H and O–H groups in total. The molecule has 162 valence electrons. The molecule has 0 aliphatic rings. The highest BCUT2D eigenvalue weighted by Crippen LogP contribution is 2.23. The molecule has 0 spiro atoms. The first-order valence-electron chi connectivity index (χ1n) is 9.58. The number of anilines is 1. The smallest absolute Gasteiger partial charge is 0.337 e. The van der Waals surface area contributed by atoms with Gasteiger partial charge in [-0.15, -0.1) is 0 Å². The molecule has 0 unspecified atom stereocenters. The number of ether oxygens (including phenoxy) is 2. The van der Waals surface area contributed by atoms with Crippen LogP contribution in [-0.4, -0.2) is 47.4 Å². The Balaban J connectivity index is 2.14. The van der Waals surface area contributed by atoms with Crippen LogP contribution >= 0.6 is 11.8 Å². The lowest BCUT2D eigenvalue weighted by Gasteiger charge is -2.11. The standard InChI is InChI=1S/C21H27N3O5S/c1-6-7-8-24-14(3)13(2)22-21(24)30-12-18(25)23-17-10-15(19(26)28-4)9-16(11-17)20(27)29-5/h9-11H,6-8,12H2,1-5H3,(H,23,25). The summed E-state index contributed by atoms with van der Waals surface area (Å²) in [6, 6.07) is 4.27. The fourth-order valence-electron chi connectivity index (χ4n) is 2.81. The molecule has 0 aliphatic carbocycles. The zero-order valence-electron chi connectivity index (χ0n) is 17.9. The largest absolute Gasteiger partial charge is 0.465 e. The number of thioether (sulfide) groups is 1. The van der Waals surface area contributed by atoms with E-state index in [4.69, 9.17) is 9.47 Å². The molecule has 2 aromatic rings. The quantitative estimate of drug-likeness (QED) is 0.476. The molecule has 1 amide bonds. The van der Waals surface area contributed by atoms with Crippen molar-refractivity contribution < 1.29 is 23.9 Å². The Morgan fingerprint density at radius 2 is 1.67 bits per heavy atom. The molecule has 0 aliphatic heterocycles. The third-order valence-corrected chi connectivity index (χ3v) is 5.53. The minimum atomic E-state index is -0.616. The third-order valence-electron chi connectivity index (χ3n) is 4.55. The highest BCUT2D eigenvalue weighted by atomic mass is 32.2. The molecule has 30 heavy (non-hydrogen) atoms. The molecule has 2 rings (SSSR count). The number of carbonyl (C=O) groups is 3. The average Bonchev–Trinajstić information content (AvgIpc) is 3.02. The molecular weight excluding hydrogens is 406 g/mol. The van der Waals surface area contributed by atoms with E-state index in [0.29, 0.717) is 5.69 Å². The van der Waals surface area contributed by atoms with Gasteiger partial charge in [0.25, 0.3) is 0 Å². The van der Waals surface area contributed by atoms with Crippen LogP contribution in [0.5, 0.6) is 0 Å². The Morgan fingerprint density at radius 1 is 1.07 bits per heavy atom. The van der Waals surface area contributed by atoms with Crippen molar-refractivity contribution in [1.82, 2.24) is 9.55 Å². The van der Waals surface area contributed by atoms with Crippen LogP contribution in [0, 0.1) is 13.8 Å². The first-order valence-corrected chi connectivity index (χ1v) is 10.6. The number of nitrogens with zero attached hydrogens (tertiary/aromatic N) is 2. The lowest BCUT2D eigenvalue weighted by Crippen LogP contribution is -2.16. The molecule has 0 saturated heterocycles. The summed E-state index contributed by atoms with van der Waals surface area (Å²) in [5.74, 6) is -1.37. The van der Waals surface area contributed by atoms with Gasteiger partial charge in [-0.3, -0.25) is 4.79 Å². The minimum absolute atomic E-state index is 0.137. The summed E-state index contributed by atoms with van der Waals surface area (Å²) in [7, 11) is 2.49. The van der Waals surface area contributed by atoms with Crippen LogP contribution in [0.4, 0.5) is 5.69 Å². The summed E-state index contributed by atoms with van der Waals surface area (Å²) in [5.41, 5.74) is 2.64. The van der Waals surface area contributed by atoms with Crippen molar-refractivity contribution in [2.45, 2.75) is 45.3 Å². The van der Waals surface area contributed by atoms with Gasteiger partial charge in [0.1, 0.15) is 0 Å². The monoisotopic (exact) mass is 433 g/mol. The van der Waals surface area contributed by atoms with Gasteiger partial charge in [-0.2, -0.15) is 0 Å². The summed E-state index contributed by atoms with van der Waals surface area (Å²) < 4.78 is 11.5. The SMILES string of the molecule is CCCCn1c(SCC(=O)Nc2cc(C(=O)OC)cc(C(=O)OC)c2)nc(C)c1C. The Kier molecular flexibility index (Phi) is 8.46. The summed E-state index contributed by atoms with van der Waals surface area (Å²) in [6.07, 6.45) is 2.10. The van der Waals surface area contributed by atoms with Crippen molar-refractivity contribution >= 4 is 35.3 Å². The first-order chi connectivity index (χ1) is 14.3. The van der Waals surface area contributed by atoms with E-state index in [9.17, 15) is 14.4 Å². The van der Waals surface area contributed by atoms with E-state index in [2.05, 4.69) is 21.8 Å². The molecule has 1 aromatic carbocycles. The van der Waals surface area contributed by atoms with Crippen molar-refractivity contribution in [2.24, 2.45) is 0 Å². The van der Waals surface area contributed by atoms with Crippen LogP contribution in [0.25, 0.3) is 0 Å². The maximum atomic E-state index is 12.5. The van der Waals surface area contributed by atoms with E-state index in [1.165, 1.54) is 44.2 Å². The molecule has 0 bridgehead atoms. The number of unbranched alkanes of at least 4 members (excludes halogenated alkanes) is 1. The number of methoxy groups -OCH3 is 2. The molecule has 8 nitrogen and oxygen atoms in total. The lowest BCUT2D eigenvalue weighted by molar-refractivity contribution is -0.113. The third kappa shape index (κ3) is 5.85. The maximum Gasteiger partial charge on any atom is 0.337 e. The number of benzene rings is 1. The number of aromatic nitrogens is 2. The van der Waals surface area contributed by atoms with Gasteiger partial charge in [0.05, 0.1) is 36.8 Å². The predicted octanol–water partition coefficient (Wildman–Crippen LogP) is 3.60. The Bertz CT molecular complexity index is 905. The summed E-state index contributed by atoms with van der Waals surface area (Å²) >= 11 is 1.35. The van der Waals surface area contributed by atoms with Crippen LogP contribution in [0.2, 0.25) is 0 Å². The van der Waals surface area contributed by atoms with Crippen molar-refractivity contribution in [1.29, 1.82) is 0 Å². The van der Waals surface area contributed by atoms with E-state index in [1.54, 1.807) is 0 Å². The minimum Gasteiger partial charge on any atom is -0.465 e. The second-order valence-electron chi connectivity index (χ2n) is 6.69. The molecule has 0 fully saturated rings. The summed E-state index contributed by atoms with van der Waals surface area (Å²) in [4.78, 5) is 40.8. The molecular formula is C21H27N3O5S. The van der Waals surface area contributed by atoms with Gasteiger partial charge >= 0.3 is 11.9 Å². The molecule has 9 heteroatoms. The number of carbonyl (C=O) groups excluding carboxylic acids is 3. The van der Waals surface area contributed by atoms with Gasteiger partial charge in [0, 0.05) is 17.9 Å². The molecule has 0 atom stereocenters. The van der Waals surface area contributed by atoms with E-state index < -0.39 is 11.9 Å². The van der Waals surface area contributed by atoms with Gasteiger partial charge in [-0.25, -0.2) is 14.6 Å². The fraction of sp³-hybridized carbons (Fsp3) is 0.429. The Morgan fingerprint density at radius 3 is 2.20 bits per heavy atom. The van der Waals surface area contributed by atoms with Gasteiger partial charge in [-0.05, 0) is 38.5 Å². The van der Waals surface area contributed by atoms with Gasteiger partial charge in [0.15, 0.2) is 5.16 Å². The number of nitrogens with one attached hydrogen (secondary N) is 1. The normalized spacial score (nSPS) is 10.6. The molecule has 0 saturated carbocycles. The molecule has 0 radical (unpaired) electrons. The lowest BCUT2D eigenvalue weighted by atomic mass is 10.1. The zero-order chi connectivity index (χ0) is 22.3. The number of aryl methyl sites for hydroxylation is 1. The van der Waals surface area contributed by atoms with E-state index in [1.807, 2.05) is 13.8 Å². The van der Waals surface area contributed by atoms with E-state index in [0.717, 1.165) is 35.9 Å². The van der Waals surface area contributed by atoms with Crippen LogP contribution in [0.1, 0.15) is 51.9 Å². The van der Waals surface area contributed by atoms with Crippen LogP contribution < -0.4 is 5.32 Å². The summed E-state index contributed by atoms with van der Waals surface area (Å²) in [5, 5.41) is 3.52. The van der Waals surface area contributed by atoms with Crippen molar-refractivity contribution in [3.05, 3.63) is 40.7 Å². The zero-order valence-corrected chi connectivity index (χ0v) is 18.7. The van der Waals surface area contributed by atoms with E-state index in [-0.39, 0.29) is 22.8 Å². The number of imidazole rings is 1. The van der Waals surface area contributed by atoms with Gasteiger partial charge < -0.3 is 19.4 Å². The molecule has 1 heterocycles. The van der Waals surface area contributed by atoms with Crippen molar-refractivity contribution in [3.8, 4) is 0 Å². The second kappa shape index (κ2) is 10.8. The Labute approximate surface area is 180 Å². The van der Waals surface area contributed by atoms with Crippen LogP contribution in [0.15, 0.2) is 23.4 Å². The number of hydrogen-bond donors (Lipinski definition) is 1. The van der Waals surface area contributed by atoms with Crippen LogP contribution in [-0.2, 0) is 20.8 Å².